The lowest BCUT2D eigenvalue weighted by Gasteiger charge is -2.10. The van der Waals surface area contributed by atoms with Crippen molar-refractivity contribution in [3.05, 3.63) is 82.1 Å². The topological polar surface area (TPSA) is 98.2 Å². The Morgan fingerprint density at radius 3 is 2.48 bits per heavy atom. The summed E-state index contributed by atoms with van der Waals surface area (Å²) in [6, 6.07) is 14.4. The number of methoxy groups -OCH3 is 1. The molecule has 2 heterocycles. The van der Waals surface area contributed by atoms with Gasteiger partial charge in [0, 0.05) is 0 Å². The largest absolute Gasteiger partial charge is 0.497 e. The van der Waals surface area contributed by atoms with Gasteiger partial charge in [0.2, 0.25) is 0 Å². The number of hydrogen-bond acceptors (Lipinski definition) is 6. The van der Waals surface area contributed by atoms with E-state index in [2.05, 4.69) is 5.10 Å². The van der Waals surface area contributed by atoms with Crippen LogP contribution in [0, 0.1) is 10.1 Å². The molecule has 1 aromatic heterocycles. The van der Waals surface area contributed by atoms with Crippen molar-refractivity contribution in [2.75, 3.05) is 12.1 Å². The number of nitro benzene ring substituents is 1. The van der Waals surface area contributed by atoms with Crippen LogP contribution in [0.1, 0.15) is 5.76 Å². The summed E-state index contributed by atoms with van der Waals surface area (Å²) in [7, 11) is 1.35. The van der Waals surface area contributed by atoms with Gasteiger partial charge in [-0.25, -0.2) is 0 Å². The number of nitro groups is 1. The normalized spacial score (nSPS) is 15.2. The van der Waals surface area contributed by atoms with Crippen molar-refractivity contribution in [1.29, 1.82) is 0 Å². The molecule has 0 N–H and O–H groups in total. The lowest BCUT2D eigenvalue weighted by atomic mass is 10.1. The van der Waals surface area contributed by atoms with Crippen LogP contribution in [0.25, 0.3) is 17.4 Å². The molecule has 0 spiro atoms. The van der Waals surface area contributed by atoms with Crippen LogP contribution < -0.4 is 9.75 Å². The quantitative estimate of drug-likeness (QED) is 0.298. The Morgan fingerprint density at radius 1 is 1.12 bits per heavy atom. The summed E-state index contributed by atoms with van der Waals surface area (Å²) in [5, 5.41) is 15.6. The minimum Gasteiger partial charge on any atom is -0.497 e. The number of benzene rings is 2. The third kappa shape index (κ3) is 4.20. The number of amides is 1. The second-order valence-electron chi connectivity index (χ2n) is 6.80. The first-order valence-electron chi connectivity index (χ1n) is 9.39. The van der Waals surface area contributed by atoms with Crippen molar-refractivity contribution >= 4 is 29.1 Å². The molecule has 1 aliphatic rings. The van der Waals surface area contributed by atoms with Gasteiger partial charge in [-0.1, -0.05) is 18.2 Å². The number of para-hydroxylation sites is 1. The summed E-state index contributed by atoms with van der Waals surface area (Å²) in [6.07, 6.45) is -3.98. The number of anilines is 1. The van der Waals surface area contributed by atoms with Crippen molar-refractivity contribution in [3.8, 4) is 17.1 Å². The van der Waals surface area contributed by atoms with Gasteiger partial charge in [-0.2, -0.15) is 23.3 Å². The molecule has 0 saturated carbocycles. The number of hydrazone groups is 1. The third-order valence-electron chi connectivity index (χ3n) is 4.73. The van der Waals surface area contributed by atoms with E-state index in [-0.39, 0.29) is 34.2 Å². The fourth-order valence-corrected chi connectivity index (χ4v) is 3.21. The average molecular weight is 457 g/mol. The first-order valence-corrected chi connectivity index (χ1v) is 9.39. The lowest BCUT2D eigenvalue weighted by molar-refractivity contribution is -0.384. The molecule has 0 radical (unpaired) electrons. The monoisotopic (exact) mass is 457 g/mol. The van der Waals surface area contributed by atoms with Crippen molar-refractivity contribution in [3.63, 3.8) is 0 Å². The van der Waals surface area contributed by atoms with E-state index in [4.69, 9.17) is 9.15 Å². The Kier molecular flexibility index (Phi) is 5.46. The Labute approximate surface area is 184 Å². The second kappa shape index (κ2) is 8.26. The van der Waals surface area contributed by atoms with Crippen LogP contribution in [0.4, 0.5) is 24.5 Å². The van der Waals surface area contributed by atoms with Gasteiger partial charge in [0.15, 0.2) is 5.71 Å². The maximum Gasteiger partial charge on any atom is 0.435 e. The highest BCUT2D eigenvalue weighted by Gasteiger charge is 2.47. The molecule has 8 nitrogen and oxygen atoms in total. The van der Waals surface area contributed by atoms with E-state index in [0.717, 1.165) is 6.08 Å². The number of furan rings is 1. The first-order chi connectivity index (χ1) is 15.7. The molecule has 0 fully saturated rings. The molecule has 33 heavy (non-hydrogen) atoms. The first kappa shape index (κ1) is 21.8. The zero-order valence-corrected chi connectivity index (χ0v) is 16.9. The summed E-state index contributed by atoms with van der Waals surface area (Å²) in [5.41, 5.74) is -2.13. The highest BCUT2D eigenvalue weighted by Crippen LogP contribution is 2.36. The molecule has 0 bridgehead atoms. The lowest BCUT2D eigenvalue weighted by Crippen LogP contribution is -2.25. The standard InChI is InChI=1S/C22H14F3N3O5/c1-32-14-7-9-16(18(12-14)28(30)31)19-10-8-15(33-19)11-17-20(22(23,24)25)26-27(21(17)29)13-5-3-2-4-6-13/h2-12H,1H3/b17-11-. The van der Waals surface area contributed by atoms with E-state index in [9.17, 15) is 28.1 Å². The summed E-state index contributed by atoms with van der Waals surface area (Å²) in [5.74, 6) is -0.803. The summed E-state index contributed by atoms with van der Waals surface area (Å²) >= 11 is 0. The van der Waals surface area contributed by atoms with Crippen LogP contribution >= 0.6 is 0 Å². The SMILES string of the molecule is COc1ccc(-c2ccc(/C=C3\C(=O)N(c4ccccc4)N=C3C(F)(F)F)o2)c([N+](=O)[O-])c1. The van der Waals surface area contributed by atoms with Crippen LogP contribution in [0.15, 0.2) is 75.8 Å². The molecular formula is C22H14F3N3O5. The van der Waals surface area contributed by atoms with Crippen molar-refractivity contribution < 1.29 is 32.0 Å². The van der Waals surface area contributed by atoms with Crippen LogP contribution in [-0.4, -0.2) is 29.8 Å². The van der Waals surface area contributed by atoms with E-state index in [0.29, 0.717) is 5.01 Å². The van der Waals surface area contributed by atoms with Gasteiger partial charge >= 0.3 is 6.18 Å². The Bertz CT molecular complexity index is 1300. The van der Waals surface area contributed by atoms with Gasteiger partial charge in [-0.15, -0.1) is 0 Å². The average Bonchev–Trinajstić information content (AvgIpc) is 3.39. The molecule has 0 atom stereocenters. The predicted octanol–water partition coefficient (Wildman–Crippen LogP) is 5.21. The third-order valence-corrected chi connectivity index (χ3v) is 4.73. The highest BCUT2D eigenvalue weighted by atomic mass is 19.4. The summed E-state index contributed by atoms with van der Waals surface area (Å²) in [4.78, 5) is 23.5. The molecule has 1 amide bonds. The molecule has 0 aliphatic carbocycles. The van der Waals surface area contributed by atoms with Crippen LogP contribution in [-0.2, 0) is 4.79 Å². The zero-order chi connectivity index (χ0) is 23.8. The summed E-state index contributed by atoms with van der Waals surface area (Å²) < 4.78 is 51.3. The molecule has 2 aromatic carbocycles. The van der Waals surface area contributed by atoms with Gasteiger partial charge in [-0.3, -0.25) is 14.9 Å². The summed E-state index contributed by atoms with van der Waals surface area (Å²) in [6.45, 7) is 0. The number of alkyl halides is 3. The van der Waals surface area contributed by atoms with Crippen molar-refractivity contribution in [2.24, 2.45) is 5.10 Å². The van der Waals surface area contributed by atoms with E-state index in [1.165, 1.54) is 49.6 Å². The Morgan fingerprint density at radius 2 is 1.85 bits per heavy atom. The fourth-order valence-electron chi connectivity index (χ4n) is 3.21. The maximum absolute atomic E-state index is 13.6. The predicted molar refractivity (Wildman–Crippen MR) is 113 cm³/mol. The molecule has 3 aromatic rings. The molecular weight excluding hydrogens is 443 g/mol. The van der Waals surface area contributed by atoms with E-state index in [1.807, 2.05) is 0 Å². The van der Waals surface area contributed by atoms with Gasteiger partial charge in [0.05, 0.1) is 34.9 Å². The second-order valence-corrected chi connectivity index (χ2v) is 6.80. The number of halogens is 3. The molecule has 0 unspecified atom stereocenters. The number of carbonyl (C=O) groups excluding carboxylic acids is 1. The zero-order valence-electron chi connectivity index (χ0n) is 16.9. The van der Waals surface area contributed by atoms with E-state index < -0.39 is 28.3 Å². The Balaban J connectivity index is 1.74. The molecule has 168 valence electrons. The van der Waals surface area contributed by atoms with Crippen molar-refractivity contribution in [1.82, 2.24) is 0 Å². The van der Waals surface area contributed by atoms with E-state index in [1.54, 1.807) is 18.2 Å². The molecule has 0 saturated heterocycles. The van der Waals surface area contributed by atoms with Gasteiger partial charge in [-0.05, 0) is 42.5 Å². The molecule has 1 aliphatic heterocycles. The number of nitrogens with zero attached hydrogens (tertiary/aromatic N) is 3. The van der Waals surface area contributed by atoms with Crippen LogP contribution in [0.5, 0.6) is 5.75 Å². The van der Waals surface area contributed by atoms with Crippen molar-refractivity contribution in [2.45, 2.75) is 6.18 Å². The van der Waals surface area contributed by atoms with Gasteiger partial charge < -0.3 is 9.15 Å². The van der Waals surface area contributed by atoms with Crippen LogP contribution in [0.2, 0.25) is 0 Å². The number of hydrogen-bond donors (Lipinski definition) is 0. The fraction of sp³-hybridized carbons (Fsp3) is 0.0909. The smallest absolute Gasteiger partial charge is 0.435 e. The number of carbonyl (C=O) groups is 1. The number of rotatable bonds is 5. The molecule has 4 rings (SSSR count). The van der Waals surface area contributed by atoms with Gasteiger partial charge in [0.25, 0.3) is 11.6 Å². The number of ether oxygens (including phenoxy) is 1. The van der Waals surface area contributed by atoms with Crippen LogP contribution in [0.3, 0.4) is 0 Å². The highest BCUT2D eigenvalue weighted by molar-refractivity contribution is 6.34. The van der Waals surface area contributed by atoms with Gasteiger partial charge in [0.1, 0.15) is 17.3 Å². The molecule has 11 heteroatoms. The van der Waals surface area contributed by atoms with E-state index >= 15 is 0 Å². The Hall–Kier alpha value is -4.41. The minimum atomic E-state index is -4.89. The maximum atomic E-state index is 13.6. The minimum absolute atomic E-state index is 0.0343.